The van der Waals surface area contributed by atoms with Gasteiger partial charge in [-0.25, -0.2) is 0 Å². The van der Waals surface area contributed by atoms with E-state index in [1.165, 1.54) is 0 Å². The maximum absolute atomic E-state index is 12.4. The molecular weight excluding hydrogens is 344 g/mol. The Labute approximate surface area is 161 Å². The van der Waals surface area contributed by atoms with E-state index < -0.39 is 6.10 Å². The molecule has 3 rings (SSSR count). The van der Waals surface area contributed by atoms with E-state index in [1.54, 1.807) is 0 Å². The maximum Gasteiger partial charge on any atom is 0.223 e. The Bertz CT molecular complexity index is 555. The Morgan fingerprint density at radius 2 is 2.04 bits per heavy atom. The van der Waals surface area contributed by atoms with Crippen molar-refractivity contribution in [1.29, 1.82) is 0 Å². The molecule has 2 saturated heterocycles. The number of nitrogens with one attached hydrogen (secondary N) is 1. The molecule has 2 atom stereocenters. The van der Waals surface area contributed by atoms with Gasteiger partial charge >= 0.3 is 0 Å². The number of β-amino-alcohol motifs (C(OH)–C–C–N with tert-alkyl or cyclic N) is 1. The first-order valence-corrected chi connectivity index (χ1v) is 10.1. The number of hydrogen-bond donors (Lipinski definition) is 2. The molecule has 2 heterocycles. The normalized spacial score (nSPS) is 22.6. The number of aliphatic hydroxyl groups excluding tert-OH is 1. The molecule has 2 N–H and O–H groups in total. The number of nitrogens with zero attached hydrogens (tertiary/aromatic N) is 1. The number of rotatable bonds is 9. The van der Waals surface area contributed by atoms with Gasteiger partial charge in [-0.3, -0.25) is 4.79 Å². The minimum atomic E-state index is -0.491. The van der Waals surface area contributed by atoms with Crippen LogP contribution in [-0.4, -0.2) is 67.6 Å². The summed E-state index contributed by atoms with van der Waals surface area (Å²) in [5, 5.41) is 13.2. The van der Waals surface area contributed by atoms with Crippen LogP contribution in [0.15, 0.2) is 30.3 Å². The highest BCUT2D eigenvalue weighted by atomic mass is 16.5. The second kappa shape index (κ2) is 10.8. The fourth-order valence-corrected chi connectivity index (χ4v) is 3.77. The lowest BCUT2D eigenvalue weighted by Crippen LogP contribution is -2.43. The Hall–Kier alpha value is -1.47. The summed E-state index contributed by atoms with van der Waals surface area (Å²) in [5.41, 5.74) is 1.12. The Balaban J connectivity index is 1.28. The highest BCUT2D eigenvalue weighted by molar-refractivity contribution is 5.78. The van der Waals surface area contributed by atoms with E-state index in [4.69, 9.17) is 9.47 Å². The monoisotopic (exact) mass is 376 g/mol. The SMILES string of the molecule is O=C(NCc1ccccc1)C1CCN(CC(O)COCC2CCCO2)CC1. The smallest absolute Gasteiger partial charge is 0.223 e. The molecule has 1 aromatic rings. The summed E-state index contributed by atoms with van der Waals surface area (Å²) in [6.45, 7) is 4.60. The molecule has 6 nitrogen and oxygen atoms in total. The predicted molar refractivity (Wildman–Crippen MR) is 103 cm³/mol. The molecule has 2 aliphatic rings. The molecule has 0 bridgehead atoms. The van der Waals surface area contributed by atoms with Crippen LogP contribution in [0, 0.1) is 5.92 Å². The van der Waals surface area contributed by atoms with Crippen molar-refractivity contribution in [3.63, 3.8) is 0 Å². The number of benzene rings is 1. The summed E-state index contributed by atoms with van der Waals surface area (Å²) >= 11 is 0. The van der Waals surface area contributed by atoms with Crippen molar-refractivity contribution in [2.24, 2.45) is 5.92 Å². The Morgan fingerprint density at radius 1 is 1.26 bits per heavy atom. The van der Waals surface area contributed by atoms with Crippen LogP contribution in [-0.2, 0) is 20.8 Å². The minimum absolute atomic E-state index is 0.0675. The minimum Gasteiger partial charge on any atom is -0.389 e. The number of ether oxygens (including phenoxy) is 2. The molecule has 0 aromatic heterocycles. The molecule has 2 aliphatic heterocycles. The molecule has 0 saturated carbocycles. The zero-order chi connectivity index (χ0) is 18.9. The van der Waals surface area contributed by atoms with Crippen LogP contribution in [0.1, 0.15) is 31.2 Å². The number of piperidine rings is 1. The number of carbonyl (C=O) groups is 1. The van der Waals surface area contributed by atoms with Gasteiger partial charge in [-0.2, -0.15) is 0 Å². The summed E-state index contributed by atoms with van der Waals surface area (Å²) < 4.78 is 11.1. The van der Waals surface area contributed by atoms with Crippen molar-refractivity contribution < 1.29 is 19.4 Å². The zero-order valence-corrected chi connectivity index (χ0v) is 16.0. The van der Waals surface area contributed by atoms with E-state index in [9.17, 15) is 9.90 Å². The largest absolute Gasteiger partial charge is 0.389 e. The highest BCUT2D eigenvalue weighted by Gasteiger charge is 2.26. The maximum atomic E-state index is 12.4. The average Bonchev–Trinajstić information content (AvgIpc) is 3.21. The third-order valence-corrected chi connectivity index (χ3v) is 5.37. The van der Waals surface area contributed by atoms with Gasteiger partial charge in [-0.1, -0.05) is 30.3 Å². The summed E-state index contributed by atoms with van der Waals surface area (Å²) in [6, 6.07) is 9.98. The van der Waals surface area contributed by atoms with Crippen molar-refractivity contribution in [2.75, 3.05) is 39.5 Å². The van der Waals surface area contributed by atoms with E-state index in [1.807, 2.05) is 30.3 Å². The average molecular weight is 376 g/mol. The van der Waals surface area contributed by atoms with Crippen molar-refractivity contribution in [1.82, 2.24) is 10.2 Å². The fourth-order valence-electron chi connectivity index (χ4n) is 3.77. The quantitative estimate of drug-likeness (QED) is 0.685. The summed E-state index contributed by atoms with van der Waals surface area (Å²) in [4.78, 5) is 14.6. The summed E-state index contributed by atoms with van der Waals surface area (Å²) in [7, 11) is 0. The van der Waals surface area contributed by atoms with Crippen molar-refractivity contribution >= 4 is 5.91 Å². The van der Waals surface area contributed by atoms with Gasteiger partial charge < -0.3 is 24.8 Å². The van der Waals surface area contributed by atoms with Crippen LogP contribution in [0.2, 0.25) is 0 Å². The first kappa shape index (κ1) is 20.3. The zero-order valence-electron chi connectivity index (χ0n) is 16.0. The van der Waals surface area contributed by atoms with E-state index in [0.717, 1.165) is 50.9 Å². The van der Waals surface area contributed by atoms with Gasteiger partial charge in [0, 0.05) is 25.6 Å². The van der Waals surface area contributed by atoms with Crippen LogP contribution in [0.3, 0.4) is 0 Å². The molecule has 1 aromatic carbocycles. The lowest BCUT2D eigenvalue weighted by Gasteiger charge is -2.32. The number of carbonyl (C=O) groups excluding carboxylic acids is 1. The molecule has 2 unspecified atom stereocenters. The molecule has 150 valence electrons. The van der Waals surface area contributed by atoms with E-state index >= 15 is 0 Å². The van der Waals surface area contributed by atoms with Gasteiger partial charge in [-0.05, 0) is 44.3 Å². The second-order valence-electron chi connectivity index (χ2n) is 7.60. The van der Waals surface area contributed by atoms with Gasteiger partial charge in [0.25, 0.3) is 0 Å². The van der Waals surface area contributed by atoms with Crippen LogP contribution in [0.5, 0.6) is 0 Å². The van der Waals surface area contributed by atoms with Crippen LogP contribution in [0.4, 0.5) is 0 Å². The third-order valence-electron chi connectivity index (χ3n) is 5.37. The highest BCUT2D eigenvalue weighted by Crippen LogP contribution is 2.18. The lowest BCUT2D eigenvalue weighted by atomic mass is 9.95. The lowest BCUT2D eigenvalue weighted by molar-refractivity contribution is -0.126. The molecule has 2 fully saturated rings. The molecule has 0 spiro atoms. The van der Waals surface area contributed by atoms with Crippen molar-refractivity contribution in [2.45, 2.75) is 44.4 Å². The summed E-state index contributed by atoms with van der Waals surface area (Å²) in [6.07, 6.45) is 3.53. The predicted octanol–water partition coefficient (Wildman–Crippen LogP) is 1.57. The van der Waals surface area contributed by atoms with Crippen LogP contribution < -0.4 is 5.32 Å². The van der Waals surface area contributed by atoms with Gasteiger partial charge in [0.15, 0.2) is 0 Å². The molecule has 0 radical (unpaired) electrons. The number of likely N-dealkylation sites (tertiary alicyclic amines) is 1. The molecule has 27 heavy (non-hydrogen) atoms. The van der Waals surface area contributed by atoms with Crippen molar-refractivity contribution in [3.8, 4) is 0 Å². The fraction of sp³-hybridized carbons (Fsp3) is 0.667. The first-order valence-electron chi connectivity index (χ1n) is 10.1. The van der Waals surface area contributed by atoms with Crippen LogP contribution >= 0.6 is 0 Å². The van der Waals surface area contributed by atoms with Gasteiger partial charge in [0.1, 0.15) is 0 Å². The van der Waals surface area contributed by atoms with E-state index in [0.29, 0.717) is 26.3 Å². The van der Waals surface area contributed by atoms with Gasteiger partial charge in [0.05, 0.1) is 25.4 Å². The van der Waals surface area contributed by atoms with E-state index in [-0.39, 0.29) is 17.9 Å². The van der Waals surface area contributed by atoms with Crippen LogP contribution in [0.25, 0.3) is 0 Å². The molecule has 1 amide bonds. The Kier molecular flexibility index (Phi) is 8.08. The topological polar surface area (TPSA) is 71.0 Å². The van der Waals surface area contributed by atoms with Gasteiger partial charge in [-0.15, -0.1) is 0 Å². The third kappa shape index (κ3) is 6.88. The Morgan fingerprint density at radius 3 is 2.74 bits per heavy atom. The number of amides is 1. The molecular formula is C21H32N2O4. The number of aliphatic hydroxyl groups is 1. The van der Waals surface area contributed by atoms with Gasteiger partial charge in [0.2, 0.25) is 5.91 Å². The summed E-state index contributed by atoms with van der Waals surface area (Å²) in [5.74, 6) is 0.205. The first-order chi connectivity index (χ1) is 13.2. The molecule has 0 aliphatic carbocycles. The number of hydrogen-bond acceptors (Lipinski definition) is 5. The van der Waals surface area contributed by atoms with E-state index in [2.05, 4.69) is 10.2 Å². The van der Waals surface area contributed by atoms with Crippen molar-refractivity contribution in [3.05, 3.63) is 35.9 Å². The second-order valence-corrected chi connectivity index (χ2v) is 7.60. The molecule has 6 heteroatoms. The standard InChI is InChI=1S/C21H32N2O4/c24-19(15-26-16-20-7-4-12-27-20)14-23-10-8-18(9-11-23)21(25)22-13-17-5-2-1-3-6-17/h1-3,5-6,18-20,24H,4,7-16H2,(H,22,25).